The van der Waals surface area contributed by atoms with Gasteiger partial charge in [-0.3, -0.25) is 14.9 Å². The largest absolute Gasteiger partial charge is 0.487 e. The van der Waals surface area contributed by atoms with Crippen molar-refractivity contribution in [1.29, 1.82) is 0 Å². The maximum Gasteiger partial charge on any atom is 0.225 e. The minimum Gasteiger partial charge on any atom is -0.487 e. The summed E-state index contributed by atoms with van der Waals surface area (Å²) in [6.07, 6.45) is 9.31. The van der Waals surface area contributed by atoms with Gasteiger partial charge in [-0.1, -0.05) is 29.8 Å². The molecular formula is C33H28ClFN6O4S. The number of ether oxygens (including phenoxy) is 2. The monoisotopic (exact) mass is 658 g/mol. The van der Waals surface area contributed by atoms with Crippen LogP contribution in [-0.4, -0.2) is 51.8 Å². The number of hydrogen-bond donors (Lipinski definition) is 1. The van der Waals surface area contributed by atoms with Crippen molar-refractivity contribution < 1.29 is 22.3 Å². The van der Waals surface area contributed by atoms with E-state index in [-0.39, 0.29) is 19.0 Å². The Morgan fingerprint density at radius 1 is 1.07 bits per heavy atom. The number of anilines is 2. The van der Waals surface area contributed by atoms with E-state index >= 15 is 0 Å². The maximum atomic E-state index is 13.5. The second-order valence-corrected chi connectivity index (χ2v) is 11.7. The molecule has 4 heterocycles. The summed E-state index contributed by atoms with van der Waals surface area (Å²) in [4.78, 5) is 19.6. The van der Waals surface area contributed by atoms with Crippen LogP contribution in [0.2, 0.25) is 5.02 Å². The SMILES string of the molecule is O=S(=O)=CN(CCc1ccccn1)CC1(c2cc3c(Nc4ccc(OCc5cccc(F)c5)c(Cl)c4)ncnc3cn2)CC=CO1. The lowest BCUT2D eigenvalue weighted by molar-refractivity contribution is 0.0183. The molecule has 234 valence electrons. The predicted molar refractivity (Wildman–Crippen MR) is 174 cm³/mol. The quantitative estimate of drug-likeness (QED) is 0.164. The molecule has 2 aromatic carbocycles. The minimum absolute atomic E-state index is 0.165. The zero-order chi connectivity index (χ0) is 31.9. The standard InChI is InChI=1S/C33H28ClFN6O4S/c34-28-16-26(8-9-30(28)44-19-23-5-3-6-24(35)15-23)40-32-27-17-31(37-18-29(27)38-21-39-32)33(11-4-14-45-33)20-41(22-46(42)43)13-10-25-7-1-2-12-36-25/h1-9,12,14-18,21-22H,10-11,13,19-20H2,(H,38,39,40). The first kappa shape index (κ1) is 31.1. The summed E-state index contributed by atoms with van der Waals surface area (Å²) in [5.74, 6) is 0.629. The molecule has 0 spiro atoms. The Morgan fingerprint density at radius 3 is 2.74 bits per heavy atom. The number of pyridine rings is 2. The highest BCUT2D eigenvalue weighted by Gasteiger charge is 2.39. The fourth-order valence-corrected chi connectivity index (χ4v) is 5.82. The van der Waals surface area contributed by atoms with Crippen molar-refractivity contribution in [2.75, 3.05) is 18.4 Å². The van der Waals surface area contributed by atoms with Gasteiger partial charge in [0.15, 0.2) is 5.60 Å². The lowest BCUT2D eigenvalue weighted by atomic mass is 9.94. The van der Waals surface area contributed by atoms with E-state index in [2.05, 4.69) is 25.3 Å². The zero-order valence-electron chi connectivity index (χ0n) is 24.4. The van der Waals surface area contributed by atoms with E-state index in [1.54, 1.807) is 53.9 Å². The predicted octanol–water partition coefficient (Wildman–Crippen LogP) is 5.85. The first-order valence-electron chi connectivity index (χ1n) is 14.3. The van der Waals surface area contributed by atoms with E-state index in [9.17, 15) is 12.8 Å². The van der Waals surface area contributed by atoms with Gasteiger partial charge in [0.25, 0.3) is 0 Å². The van der Waals surface area contributed by atoms with E-state index in [1.165, 1.54) is 24.0 Å². The molecule has 0 saturated heterocycles. The van der Waals surface area contributed by atoms with E-state index in [0.717, 1.165) is 5.69 Å². The number of benzene rings is 2. The van der Waals surface area contributed by atoms with Crippen LogP contribution in [0, 0.1) is 5.82 Å². The van der Waals surface area contributed by atoms with Crippen molar-refractivity contribution >= 4 is 49.8 Å². The Hall–Kier alpha value is -4.91. The summed E-state index contributed by atoms with van der Waals surface area (Å²) in [7, 11) is -2.42. The van der Waals surface area contributed by atoms with Crippen LogP contribution in [0.25, 0.3) is 10.9 Å². The number of nitrogens with one attached hydrogen (secondary N) is 1. The molecule has 5 aromatic rings. The smallest absolute Gasteiger partial charge is 0.225 e. The van der Waals surface area contributed by atoms with Crippen molar-refractivity contribution in [3.63, 3.8) is 0 Å². The van der Waals surface area contributed by atoms with Crippen LogP contribution >= 0.6 is 11.6 Å². The van der Waals surface area contributed by atoms with Crippen LogP contribution in [0.15, 0.2) is 97.8 Å². The van der Waals surface area contributed by atoms with Crippen molar-refractivity contribution in [2.45, 2.75) is 25.0 Å². The molecule has 1 N–H and O–H groups in total. The van der Waals surface area contributed by atoms with Gasteiger partial charge < -0.3 is 14.8 Å². The molecule has 10 nitrogen and oxygen atoms in total. The summed E-state index contributed by atoms with van der Waals surface area (Å²) in [6.45, 7) is 0.795. The second-order valence-electron chi connectivity index (χ2n) is 10.6. The van der Waals surface area contributed by atoms with Gasteiger partial charge in [-0.2, -0.15) is 8.42 Å². The molecule has 0 bridgehead atoms. The molecule has 1 unspecified atom stereocenters. The summed E-state index contributed by atoms with van der Waals surface area (Å²) < 4.78 is 49.0. The molecule has 0 saturated carbocycles. The third kappa shape index (κ3) is 7.48. The highest BCUT2D eigenvalue weighted by atomic mass is 35.5. The molecule has 0 fully saturated rings. The average molecular weight is 659 g/mol. The van der Waals surface area contributed by atoms with Crippen LogP contribution in [0.3, 0.4) is 0 Å². The molecular weight excluding hydrogens is 631 g/mol. The third-order valence-corrected chi connectivity index (χ3v) is 8.14. The van der Waals surface area contributed by atoms with Crippen molar-refractivity contribution in [3.05, 3.63) is 126 Å². The van der Waals surface area contributed by atoms with Crippen LogP contribution < -0.4 is 10.1 Å². The summed E-state index contributed by atoms with van der Waals surface area (Å²) >= 11 is 6.53. The number of hydrogen-bond acceptors (Lipinski definition) is 9. The van der Waals surface area contributed by atoms with Gasteiger partial charge in [0.05, 0.1) is 28.7 Å². The molecule has 46 heavy (non-hydrogen) atoms. The van der Waals surface area contributed by atoms with Crippen molar-refractivity contribution in [1.82, 2.24) is 24.8 Å². The van der Waals surface area contributed by atoms with Gasteiger partial charge in [0, 0.05) is 48.9 Å². The van der Waals surface area contributed by atoms with Gasteiger partial charge in [0.2, 0.25) is 10.3 Å². The van der Waals surface area contributed by atoms with E-state index in [4.69, 9.17) is 21.1 Å². The zero-order valence-corrected chi connectivity index (χ0v) is 26.0. The Labute approximate surface area is 271 Å². The molecule has 6 rings (SSSR count). The maximum absolute atomic E-state index is 13.5. The highest BCUT2D eigenvalue weighted by molar-refractivity contribution is 7.71. The molecule has 1 aliphatic heterocycles. The number of aromatic nitrogens is 4. The van der Waals surface area contributed by atoms with Gasteiger partial charge in [-0.05, 0) is 60.2 Å². The number of fused-ring (bicyclic) bond motifs is 1. The van der Waals surface area contributed by atoms with Gasteiger partial charge in [-0.15, -0.1) is 0 Å². The Bertz CT molecular complexity index is 2010. The Kier molecular flexibility index (Phi) is 9.48. The van der Waals surface area contributed by atoms with Crippen LogP contribution in [0.1, 0.15) is 23.4 Å². The molecule has 0 amide bonds. The molecule has 0 radical (unpaired) electrons. The summed E-state index contributed by atoms with van der Waals surface area (Å²) in [6, 6.07) is 18.9. The summed E-state index contributed by atoms with van der Waals surface area (Å²) in [5.41, 5.74) is 3.59. The lowest BCUT2D eigenvalue weighted by Gasteiger charge is -2.32. The van der Waals surface area contributed by atoms with Gasteiger partial charge in [-0.25, -0.2) is 14.4 Å². The van der Waals surface area contributed by atoms with Gasteiger partial charge >= 0.3 is 0 Å². The van der Waals surface area contributed by atoms with E-state index < -0.39 is 15.9 Å². The summed E-state index contributed by atoms with van der Waals surface area (Å²) in [5, 5.41) is 4.35. The highest BCUT2D eigenvalue weighted by Crippen LogP contribution is 2.37. The third-order valence-electron chi connectivity index (χ3n) is 7.38. The second kappa shape index (κ2) is 14.0. The molecule has 3 aromatic heterocycles. The molecule has 1 atom stereocenters. The fraction of sp³-hybridized carbons (Fsp3) is 0.182. The van der Waals surface area contributed by atoms with Crippen molar-refractivity contribution in [2.24, 2.45) is 0 Å². The van der Waals surface area contributed by atoms with Gasteiger partial charge in [0.1, 0.15) is 35.8 Å². The Balaban J connectivity index is 1.24. The number of rotatable bonds is 12. The van der Waals surface area contributed by atoms with Crippen LogP contribution in [-0.2, 0) is 33.7 Å². The van der Waals surface area contributed by atoms with Crippen LogP contribution in [0.4, 0.5) is 15.9 Å². The topological polar surface area (TPSA) is 119 Å². The molecule has 13 heteroatoms. The first-order valence-corrected chi connectivity index (χ1v) is 15.8. The average Bonchev–Trinajstić information content (AvgIpc) is 3.53. The normalized spacial score (nSPS) is 15.5. The first-order chi connectivity index (χ1) is 22.4. The number of nitrogens with zero attached hydrogens (tertiary/aromatic N) is 5. The Morgan fingerprint density at radius 2 is 1.98 bits per heavy atom. The fourth-order valence-electron chi connectivity index (χ4n) is 5.16. The van der Waals surface area contributed by atoms with Crippen molar-refractivity contribution in [3.8, 4) is 5.75 Å². The lowest BCUT2D eigenvalue weighted by Crippen LogP contribution is -2.41. The van der Waals surface area contributed by atoms with Crippen LogP contribution in [0.5, 0.6) is 5.75 Å². The minimum atomic E-state index is -2.42. The van der Waals surface area contributed by atoms with E-state index in [1.807, 2.05) is 30.3 Å². The van der Waals surface area contributed by atoms with E-state index in [0.29, 0.717) is 63.8 Å². The molecule has 0 aliphatic carbocycles. The molecule has 1 aliphatic rings. The number of halogens is 2.